The normalized spacial score (nSPS) is 11.5. The second-order valence-electron chi connectivity index (χ2n) is 3.79. The lowest BCUT2D eigenvalue weighted by Gasteiger charge is -2.10. The first-order chi connectivity index (χ1) is 9.83. The van der Waals surface area contributed by atoms with Crippen molar-refractivity contribution in [2.24, 2.45) is 0 Å². The number of hydrogen-bond donors (Lipinski definition) is 2. The first-order valence-corrected chi connectivity index (χ1v) is 8.54. The zero-order valence-corrected chi connectivity index (χ0v) is 13.4. The summed E-state index contributed by atoms with van der Waals surface area (Å²) in [5.74, 6) is -1.40. The molecule has 1 aromatic carbocycles. The van der Waals surface area contributed by atoms with E-state index in [1.165, 1.54) is 17.4 Å². The van der Waals surface area contributed by atoms with Gasteiger partial charge in [0.05, 0.1) is 22.2 Å². The third-order valence-corrected chi connectivity index (χ3v) is 5.50. The number of halogens is 2. The number of sulfonamides is 1. The van der Waals surface area contributed by atoms with Crippen molar-refractivity contribution >= 4 is 50.5 Å². The van der Waals surface area contributed by atoms with Gasteiger partial charge in [-0.3, -0.25) is 0 Å². The lowest BCUT2D eigenvalue weighted by Crippen LogP contribution is -2.24. The highest BCUT2D eigenvalue weighted by atomic mass is 35.5. The number of carboxylic acid groups (broad SMARTS) is 1. The first-order valence-electron chi connectivity index (χ1n) is 5.42. The average Bonchev–Trinajstić information content (AvgIpc) is 2.88. The number of aromatic carboxylic acids is 1. The number of rotatable bonds is 5. The van der Waals surface area contributed by atoms with Crippen molar-refractivity contribution in [1.29, 1.82) is 0 Å². The largest absolute Gasteiger partial charge is 0.478 e. The highest BCUT2D eigenvalue weighted by molar-refractivity contribution is 7.89. The Labute approximate surface area is 134 Å². The minimum Gasteiger partial charge on any atom is -0.478 e. The van der Waals surface area contributed by atoms with Gasteiger partial charge in [0.2, 0.25) is 10.0 Å². The second-order valence-corrected chi connectivity index (χ2v) is 7.29. The first kappa shape index (κ1) is 16.2. The highest BCUT2D eigenvalue weighted by Crippen LogP contribution is 2.31. The molecular weight excluding hydrogens is 359 g/mol. The van der Waals surface area contributed by atoms with Crippen LogP contribution in [0.3, 0.4) is 0 Å². The van der Waals surface area contributed by atoms with Crippen molar-refractivity contribution < 1.29 is 18.3 Å². The van der Waals surface area contributed by atoms with Crippen LogP contribution in [0.25, 0.3) is 0 Å². The Morgan fingerprint density at radius 2 is 2.10 bits per heavy atom. The molecular formula is C11H8Cl2N2O4S2. The van der Waals surface area contributed by atoms with E-state index in [0.717, 1.165) is 6.07 Å². The van der Waals surface area contributed by atoms with Crippen LogP contribution in [-0.2, 0) is 16.6 Å². The van der Waals surface area contributed by atoms with Gasteiger partial charge >= 0.3 is 5.97 Å². The third kappa shape index (κ3) is 3.53. The summed E-state index contributed by atoms with van der Waals surface area (Å²) in [5, 5.41) is 10.7. The number of aromatic nitrogens is 1. The fourth-order valence-corrected chi connectivity index (χ4v) is 4.06. The predicted octanol–water partition coefficient (Wildman–Crippen LogP) is 2.63. The van der Waals surface area contributed by atoms with Crippen molar-refractivity contribution in [3.05, 3.63) is 44.3 Å². The van der Waals surface area contributed by atoms with Gasteiger partial charge in [0.15, 0.2) is 0 Å². The van der Waals surface area contributed by atoms with Gasteiger partial charge < -0.3 is 5.11 Å². The van der Waals surface area contributed by atoms with Gasteiger partial charge in [-0.15, -0.1) is 11.3 Å². The maximum atomic E-state index is 12.2. The molecule has 0 saturated heterocycles. The molecule has 0 saturated carbocycles. The minimum atomic E-state index is -3.98. The summed E-state index contributed by atoms with van der Waals surface area (Å²) in [5.41, 5.74) is -0.449. The second kappa shape index (κ2) is 6.29. The van der Waals surface area contributed by atoms with Crippen LogP contribution >= 0.6 is 34.5 Å². The Hall–Kier alpha value is -1.19. The SMILES string of the molecule is O=C(O)c1c(Cl)ccc(S(=O)(=O)NCc2nccs2)c1Cl. The summed E-state index contributed by atoms with van der Waals surface area (Å²) in [6, 6.07) is 2.33. The Balaban J connectivity index is 2.36. The molecule has 0 radical (unpaired) electrons. The topological polar surface area (TPSA) is 96.4 Å². The molecule has 112 valence electrons. The summed E-state index contributed by atoms with van der Waals surface area (Å²) in [7, 11) is -3.98. The fraction of sp³-hybridized carbons (Fsp3) is 0.0909. The van der Waals surface area contributed by atoms with Crippen LogP contribution in [0.15, 0.2) is 28.6 Å². The monoisotopic (exact) mass is 366 g/mol. The van der Waals surface area contributed by atoms with Crippen LogP contribution in [0.2, 0.25) is 10.0 Å². The maximum absolute atomic E-state index is 12.2. The standard InChI is InChI=1S/C11H8Cl2N2O4S2/c12-6-1-2-7(10(13)9(6)11(16)17)21(18,19)15-5-8-14-3-4-20-8/h1-4,15H,5H2,(H,16,17). The molecule has 0 bridgehead atoms. The predicted molar refractivity (Wildman–Crippen MR) is 79.6 cm³/mol. The van der Waals surface area contributed by atoms with E-state index in [4.69, 9.17) is 28.3 Å². The zero-order chi connectivity index (χ0) is 15.6. The van der Waals surface area contributed by atoms with Crippen molar-refractivity contribution in [3.63, 3.8) is 0 Å². The Morgan fingerprint density at radius 1 is 1.38 bits per heavy atom. The summed E-state index contributed by atoms with van der Waals surface area (Å²) in [6.07, 6.45) is 1.55. The molecule has 21 heavy (non-hydrogen) atoms. The number of nitrogens with zero attached hydrogens (tertiary/aromatic N) is 1. The van der Waals surface area contributed by atoms with Crippen molar-refractivity contribution in [2.75, 3.05) is 0 Å². The van der Waals surface area contributed by atoms with Crippen LogP contribution in [0.4, 0.5) is 0 Å². The minimum absolute atomic E-state index is 0.0125. The Morgan fingerprint density at radius 3 is 2.67 bits per heavy atom. The number of carbonyl (C=O) groups is 1. The van der Waals surface area contributed by atoms with E-state index in [9.17, 15) is 13.2 Å². The van der Waals surface area contributed by atoms with E-state index >= 15 is 0 Å². The van der Waals surface area contributed by atoms with Gasteiger partial charge in [-0.25, -0.2) is 22.9 Å². The molecule has 2 aromatic rings. The maximum Gasteiger partial charge on any atom is 0.338 e. The summed E-state index contributed by atoms with van der Waals surface area (Å²) in [4.78, 5) is 14.7. The molecule has 0 amide bonds. The van der Waals surface area contributed by atoms with Gasteiger partial charge in [0, 0.05) is 11.6 Å². The molecule has 0 aliphatic rings. The lowest BCUT2D eigenvalue weighted by molar-refractivity contribution is 0.0697. The molecule has 10 heteroatoms. The molecule has 0 unspecified atom stereocenters. The highest BCUT2D eigenvalue weighted by Gasteiger charge is 2.24. The molecule has 0 aliphatic carbocycles. The van der Waals surface area contributed by atoms with E-state index in [1.54, 1.807) is 11.6 Å². The summed E-state index contributed by atoms with van der Waals surface area (Å²) in [6.45, 7) is -0.0125. The molecule has 1 heterocycles. The Kier molecular flexibility index (Phi) is 4.84. The van der Waals surface area contributed by atoms with Crippen LogP contribution in [0.5, 0.6) is 0 Å². The van der Waals surface area contributed by atoms with Gasteiger partial charge in [-0.05, 0) is 12.1 Å². The molecule has 0 spiro atoms. The number of benzene rings is 1. The smallest absolute Gasteiger partial charge is 0.338 e. The molecule has 2 rings (SSSR count). The van der Waals surface area contributed by atoms with Gasteiger partial charge in [-0.1, -0.05) is 23.2 Å². The molecule has 0 aliphatic heterocycles. The van der Waals surface area contributed by atoms with Gasteiger partial charge in [-0.2, -0.15) is 0 Å². The lowest BCUT2D eigenvalue weighted by atomic mass is 10.2. The van der Waals surface area contributed by atoms with Crippen molar-refractivity contribution in [3.8, 4) is 0 Å². The number of thiazole rings is 1. The van der Waals surface area contributed by atoms with Crippen LogP contribution in [-0.4, -0.2) is 24.5 Å². The van der Waals surface area contributed by atoms with Gasteiger partial charge in [0.1, 0.15) is 9.90 Å². The number of nitrogens with one attached hydrogen (secondary N) is 1. The van der Waals surface area contributed by atoms with Crippen molar-refractivity contribution in [1.82, 2.24) is 9.71 Å². The van der Waals surface area contributed by atoms with E-state index in [1.807, 2.05) is 0 Å². The van der Waals surface area contributed by atoms with Gasteiger partial charge in [0.25, 0.3) is 0 Å². The fourth-order valence-electron chi connectivity index (χ4n) is 1.51. The number of carboxylic acids is 1. The van der Waals surface area contributed by atoms with E-state index < -0.39 is 26.6 Å². The van der Waals surface area contributed by atoms with E-state index in [2.05, 4.69) is 9.71 Å². The third-order valence-electron chi connectivity index (χ3n) is 2.46. The molecule has 2 N–H and O–H groups in total. The van der Waals surface area contributed by atoms with E-state index in [-0.39, 0.29) is 16.5 Å². The molecule has 0 fully saturated rings. The molecule has 6 nitrogen and oxygen atoms in total. The summed E-state index contributed by atoms with van der Waals surface area (Å²) >= 11 is 12.9. The van der Waals surface area contributed by atoms with Crippen LogP contribution in [0.1, 0.15) is 15.4 Å². The zero-order valence-electron chi connectivity index (χ0n) is 10.2. The quantitative estimate of drug-likeness (QED) is 0.847. The van der Waals surface area contributed by atoms with Crippen LogP contribution in [0, 0.1) is 0 Å². The van der Waals surface area contributed by atoms with Crippen LogP contribution < -0.4 is 4.72 Å². The number of hydrogen-bond acceptors (Lipinski definition) is 5. The Bertz CT molecular complexity index is 776. The molecule has 1 aromatic heterocycles. The molecule has 0 atom stereocenters. The van der Waals surface area contributed by atoms with E-state index in [0.29, 0.717) is 5.01 Å². The average molecular weight is 367 g/mol. The van der Waals surface area contributed by atoms with Crippen molar-refractivity contribution in [2.45, 2.75) is 11.4 Å². The summed E-state index contributed by atoms with van der Waals surface area (Å²) < 4.78 is 26.7.